The number of azo groups is 1. The normalized spacial score (nSPS) is 13.2. The second-order valence-corrected chi connectivity index (χ2v) is 5.25. The molecule has 9 heteroatoms. The molecule has 0 aliphatic carbocycles. The highest BCUT2D eigenvalue weighted by atomic mass is 32.1. The van der Waals surface area contributed by atoms with E-state index in [4.69, 9.17) is 0 Å². The van der Waals surface area contributed by atoms with E-state index in [0.29, 0.717) is 0 Å². The van der Waals surface area contributed by atoms with Crippen molar-refractivity contribution in [3.8, 4) is 0 Å². The number of thiophene rings is 1. The summed E-state index contributed by atoms with van der Waals surface area (Å²) in [5, 5.41) is 8.16. The standard InChI is InChI=1S/C14H8F4N2O2S/c15-8-3-5-9(6-4-8)19-20-11(13(22)14(16,17)18)12(21)10-2-1-7-23-10/h1-7,11H. The quantitative estimate of drug-likeness (QED) is 0.350. The highest BCUT2D eigenvalue weighted by Gasteiger charge is 2.47. The van der Waals surface area contributed by atoms with Crippen LogP contribution in [0.3, 0.4) is 0 Å². The number of ketones is 2. The third kappa shape index (κ3) is 4.28. The molecule has 1 aromatic heterocycles. The van der Waals surface area contributed by atoms with Gasteiger partial charge in [-0.05, 0) is 35.7 Å². The summed E-state index contributed by atoms with van der Waals surface area (Å²) in [7, 11) is 0. The van der Waals surface area contributed by atoms with Gasteiger partial charge in [0.2, 0.25) is 11.8 Å². The fraction of sp³-hybridized carbons (Fsp3) is 0.143. The van der Waals surface area contributed by atoms with Crippen molar-refractivity contribution in [2.75, 3.05) is 0 Å². The Morgan fingerprint density at radius 2 is 1.74 bits per heavy atom. The van der Waals surface area contributed by atoms with Gasteiger partial charge in [-0.1, -0.05) is 6.07 Å². The van der Waals surface area contributed by atoms with Gasteiger partial charge in [0.25, 0.3) is 5.78 Å². The van der Waals surface area contributed by atoms with Gasteiger partial charge in [0.15, 0.2) is 0 Å². The minimum absolute atomic E-state index is 0.0188. The van der Waals surface area contributed by atoms with Crippen molar-refractivity contribution in [3.05, 3.63) is 52.5 Å². The molecule has 0 aliphatic heterocycles. The maximum Gasteiger partial charge on any atom is 0.452 e. The number of hydrogen-bond donors (Lipinski definition) is 0. The van der Waals surface area contributed by atoms with Crippen LogP contribution in [0.1, 0.15) is 9.67 Å². The molecule has 2 aromatic rings. The molecule has 1 heterocycles. The molecule has 0 bridgehead atoms. The van der Waals surface area contributed by atoms with Crippen molar-refractivity contribution in [2.24, 2.45) is 10.2 Å². The first-order chi connectivity index (χ1) is 10.8. The molecule has 1 aromatic carbocycles. The lowest BCUT2D eigenvalue weighted by atomic mass is 10.1. The predicted octanol–water partition coefficient (Wildman–Crippen LogP) is 4.35. The molecule has 0 radical (unpaired) electrons. The summed E-state index contributed by atoms with van der Waals surface area (Å²) in [4.78, 5) is 23.4. The van der Waals surface area contributed by atoms with Crippen molar-refractivity contribution < 1.29 is 27.2 Å². The van der Waals surface area contributed by atoms with Crippen molar-refractivity contribution in [1.82, 2.24) is 0 Å². The molecule has 120 valence electrons. The number of halogens is 4. The Kier molecular flexibility index (Phi) is 4.99. The van der Waals surface area contributed by atoms with Crippen molar-refractivity contribution in [1.29, 1.82) is 0 Å². The molecule has 23 heavy (non-hydrogen) atoms. The third-order valence-electron chi connectivity index (χ3n) is 2.66. The fourth-order valence-electron chi connectivity index (χ4n) is 1.56. The Balaban J connectivity index is 2.32. The van der Waals surface area contributed by atoms with E-state index in [1.54, 1.807) is 0 Å². The van der Waals surface area contributed by atoms with E-state index in [9.17, 15) is 27.2 Å². The van der Waals surface area contributed by atoms with E-state index in [1.807, 2.05) is 0 Å². The fourth-order valence-corrected chi connectivity index (χ4v) is 2.25. The number of rotatable bonds is 5. The summed E-state index contributed by atoms with van der Waals surface area (Å²) in [5.41, 5.74) is 0.0188. The number of benzene rings is 1. The zero-order valence-corrected chi connectivity index (χ0v) is 12.1. The smallest absolute Gasteiger partial charge is 0.290 e. The zero-order chi connectivity index (χ0) is 17.0. The molecular weight excluding hydrogens is 336 g/mol. The molecular formula is C14H8F4N2O2S. The molecule has 0 spiro atoms. The van der Waals surface area contributed by atoms with Crippen LogP contribution < -0.4 is 0 Å². The van der Waals surface area contributed by atoms with Gasteiger partial charge < -0.3 is 0 Å². The second kappa shape index (κ2) is 6.78. The van der Waals surface area contributed by atoms with Gasteiger partial charge >= 0.3 is 6.18 Å². The van der Waals surface area contributed by atoms with Gasteiger partial charge in [-0.2, -0.15) is 23.4 Å². The topological polar surface area (TPSA) is 58.9 Å². The molecule has 1 atom stereocenters. The number of carbonyl (C=O) groups excluding carboxylic acids is 2. The molecule has 4 nitrogen and oxygen atoms in total. The summed E-state index contributed by atoms with van der Waals surface area (Å²) < 4.78 is 50.6. The molecule has 0 aliphatic rings. The Morgan fingerprint density at radius 1 is 1.09 bits per heavy atom. The molecule has 0 saturated carbocycles. The van der Waals surface area contributed by atoms with Crippen LogP contribution in [0.15, 0.2) is 52.0 Å². The molecule has 0 amide bonds. The van der Waals surface area contributed by atoms with Gasteiger partial charge in [-0.3, -0.25) is 9.59 Å². The minimum Gasteiger partial charge on any atom is -0.290 e. The maximum atomic E-state index is 12.8. The minimum atomic E-state index is -5.22. The number of carbonyl (C=O) groups is 2. The highest BCUT2D eigenvalue weighted by Crippen LogP contribution is 2.24. The maximum absolute atomic E-state index is 12.8. The Hall–Kier alpha value is -2.42. The highest BCUT2D eigenvalue weighted by molar-refractivity contribution is 7.12. The number of alkyl halides is 3. The van der Waals surface area contributed by atoms with E-state index in [-0.39, 0.29) is 10.6 Å². The second-order valence-electron chi connectivity index (χ2n) is 4.30. The Bertz CT molecular complexity index is 724. The lowest BCUT2D eigenvalue weighted by molar-refractivity contribution is -0.171. The lowest BCUT2D eigenvalue weighted by Gasteiger charge is -2.10. The lowest BCUT2D eigenvalue weighted by Crippen LogP contribution is -2.38. The van der Waals surface area contributed by atoms with Gasteiger partial charge in [0.05, 0.1) is 10.6 Å². The number of Topliss-reactive ketones (excluding diaryl/α,β-unsaturated/α-hetero) is 2. The number of hydrogen-bond acceptors (Lipinski definition) is 5. The van der Waals surface area contributed by atoms with E-state index in [2.05, 4.69) is 10.2 Å². The van der Waals surface area contributed by atoms with Crippen LogP contribution in [-0.2, 0) is 4.79 Å². The zero-order valence-electron chi connectivity index (χ0n) is 11.2. The molecule has 0 saturated heterocycles. The van der Waals surface area contributed by atoms with Crippen molar-refractivity contribution in [2.45, 2.75) is 12.2 Å². The average Bonchev–Trinajstić information content (AvgIpc) is 3.02. The average molecular weight is 344 g/mol. The SMILES string of the molecule is O=C(c1cccs1)C(N=Nc1ccc(F)cc1)C(=O)C(F)(F)F. The van der Waals surface area contributed by atoms with Gasteiger partial charge in [-0.15, -0.1) is 11.3 Å². The van der Waals surface area contributed by atoms with Crippen LogP contribution in [0.2, 0.25) is 0 Å². The van der Waals surface area contributed by atoms with Crippen LogP contribution in [0.4, 0.5) is 23.2 Å². The summed E-state index contributed by atoms with van der Waals surface area (Å²) in [6.07, 6.45) is -5.22. The molecule has 0 fully saturated rings. The van der Waals surface area contributed by atoms with Crippen molar-refractivity contribution in [3.63, 3.8) is 0 Å². The third-order valence-corrected chi connectivity index (χ3v) is 3.54. The van der Waals surface area contributed by atoms with E-state index in [0.717, 1.165) is 35.6 Å². The Labute approximate surface area is 131 Å². The summed E-state index contributed by atoms with van der Waals surface area (Å²) in [6, 6.07) is 4.79. The van der Waals surface area contributed by atoms with Crippen LogP contribution in [0.5, 0.6) is 0 Å². The van der Waals surface area contributed by atoms with Gasteiger partial charge in [-0.25, -0.2) is 4.39 Å². The first kappa shape index (κ1) is 16.9. The van der Waals surface area contributed by atoms with E-state index in [1.165, 1.54) is 17.5 Å². The summed E-state index contributed by atoms with van der Waals surface area (Å²) >= 11 is 0.891. The summed E-state index contributed by atoms with van der Waals surface area (Å²) in [6.45, 7) is 0. The monoisotopic (exact) mass is 344 g/mol. The largest absolute Gasteiger partial charge is 0.452 e. The van der Waals surface area contributed by atoms with Gasteiger partial charge in [0.1, 0.15) is 5.82 Å². The van der Waals surface area contributed by atoms with Gasteiger partial charge in [0, 0.05) is 0 Å². The molecule has 0 N–H and O–H groups in total. The van der Waals surface area contributed by atoms with Crippen LogP contribution in [0, 0.1) is 5.82 Å². The van der Waals surface area contributed by atoms with Crippen molar-refractivity contribution >= 4 is 28.6 Å². The van der Waals surface area contributed by atoms with E-state index < -0.39 is 29.6 Å². The predicted molar refractivity (Wildman–Crippen MR) is 74.4 cm³/mol. The van der Waals surface area contributed by atoms with Crippen LogP contribution >= 0.6 is 11.3 Å². The first-order valence-electron chi connectivity index (χ1n) is 6.14. The van der Waals surface area contributed by atoms with Crippen LogP contribution in [0.25, 0.3) is 0 Å². The first-order valence-corrected chi connectivity index (χ1v) is 7.02. The van der Waals surface area contributed by atoms with E-state index >= 15 is 0 Å². The molecule has 2 rings (SSSR count). The molecule has 1 unspecified atom stereocenters. The number of nitrogens with zero attached hydrogens (tertiary/aromatic N) is 2. The Morgan fingerprint density at radius 3 is 2.26 bits per heavy atom. The van der Waals surface area contributed by atoms with Crippen LogP contribution in [-0.4, -0.2) is 23.8 Å². The summed E-state index contributed by atoms with van der Waals surface area (Å²) in [5.74, 6) is -3.96.